The lowest BCUT2D eigenvalue weighted by atomic mass is 10.0. The van der Waals surface area contributed by atoms with E-state index in [0.29, 0.717) is 30.1 Å². The van der Waals surface area contributed by atoms with Crippen LogP contribution in [0.3, 0.4) is 0 Å². The zero-order valence-electron chi connectivity index (χ0n) is 9.45. The third-order valence-electron chi connectivity index (χ3n) is 2.77. The van der Waals surface area contributed by atoms with Crippen LogP contribution < -0.4 is 14.8 Å². The molecule has 0 aromatic heterocycles. The number of carbonyl (C=O) groups is 1. The Bertz CT molecular complexity index is 403. The summed E-state index contributed by atoms with van der Waals surface area (Å²) in [5, 5.41) is 3.06. The fourth-order valence-corrected chi connectivity index (χ4v) is 1.75. The average molecular weight is 221 g/mol. The monoisotopic (exact) mass is 221 g/mol. The van der Waals surface area contributed by atoms with Crippen LogP contribution in [0.4, 0.5) is 0 Å². The predicted molar refractivity (Wildman–Crippen MR) is 60.3 cm³/mol. The highest BCUT2D eigenvalue weighted by Crippen LogP contribution is 2.28. The highest BCUT2D eigenvalue weighted by molar-refractivity contribution is 5.99. The molecule has 4 heteroatoms. The van der Waals surface area contributed by atoms with E-state index in [9.17, 15) is 4.79 Å². The second kappa shape index (κ2) is 4.53. The molecule has 0 saturated heterocycles. The van der Waals surface area contributed by atoms with Gasteiger partial charge in [0, 0.05) is 18.5 Å². The van der Waals surface area contributed by atoms with Crippen LogP contribution in [0.2, 0.25) is 0 Å². The van der Waals surface area contributed by atoms with E-state index in [1.165, 1.54) is 0 Å². The van der Waals surface area contributed by atoms with Gasteiger partial charge in [-0.25, -0.2) is 0 Å². The van der Waals surface area contributed by atoms with Crippen LogP contribution >= 0.6 is 0 Å². The average Bonchev–Trinajstić information content (AvgIpc) is 2.48. The predicted octanol–water partition coefficient (Wildman–Crippen LogP) is 1.25. The quantitative estimate of drug-likeness (QED) is 0.816. The van der Waals surface area contributed by atoms with Gasteiger partial charge in [0.1, 0.15) is 18.1 Å². The first-order chi connectivity index (χ1) is 7.74. The van der Waals surface area contributed by atoms with Crippen LogP contribution in [0.1, 0.15) is 16.8 Å². The fourth-order valence-electron chi connectivity index (χ4n) is 1.75. The molecule has 0 saturated carbocycles. The van der Waals surface area contributed by atoms with Crippen molar-refractivity contribution in [2.24, 2.45) is 0 Å². The van der Waals surface area contributed by atoms with Crippen LogP contribution in [0.5, 0.6) is 11.5 Å². The second-order valence-electron chi connectivity index (χ2n) is 3.79. The number of methoxy groups -OCH3 is 1. The van der Waals surface area contributed by atoms with Gasteiger partial charge in [-0.3, -0.25) is 4.79 Å². The second-order valence-corrected chi connectivity index (χ2v) is 3.79. The van der Waals surface area contributed by atoms with Crippen molar-refractivity contribution in [1.82, 2.24) is 5.32 Å². The van der Waals surface area contributed by atoms with Crippen LogP contribution in [-0.4, -0.2) is 32.6 Å². The molecule has 1 atom stereocenters. The summed E-state index contributed by atoms with van der Waals surface area (Å²) >= 11 is 0. The van der Waals surface area contributed by atoms with E-state index in [0.717, 1.165) is 0 Å². The molecular formula is C12H15NO3. The zero-order chi connectivity index (χ0) is 11.5. The molecule has 1 N–H and O–H groups in total. The molecule has 16 heavy (non-hydrogen) atoms. The fraction of sp³-hybridized carbons (Fsp3) is 0.417. The van der Waals surface area contributed by atoms with Gasteiger partial charge in [-0.2, -0.15) is 0 Å². The maximum Gasteiger partial charge on any atom is 0.168 e. The lowest BCUT2D eigenvalue weighted by Crippen LogP contribution is -2.32. The van der Waals surface area contributed by atoms with Crippen molar-refractivity contribution in [3.05, 3.63) is 23.8 Å². The minimum atomic E-state index is 0.0749. The van der Waals surface area contributed by atoms with Gasteiger partial charge in [-0.15, -0.1) is 0 Å². The van der Waals surface area contributed by atoms with Gasteiger partial charge < -0.3 is 14.8 Å². The number of benzene rings is 1. The van der Waals surface area contributed by atoms with Crippen molar-refractivity contribution in [3.8, 4) is 11.5 Å². The van der Waals surface area contributed by atoms with Gasteiger partial charge in [-0.1, -0.05) is 0 Å². The Morgan fingerprint density at radius 1 is 1.50 bits per heavy atom. The Morgan fingerprint density at radius 2 is 2.31 bits per heavy atom. The molecule has 1 aliphatic rings. The Labute approximate surface area is 94.6 Å². The normalized spacial score (nSPS) is 19.6. The maximum atomic E-state index is 11.9. The van der Waals surface area contributed by atoms with E-state index in [1.54, 1.807) is 25.3 Å². The van der Waals surface area contributed by atoms with Gasteiger partial charge >= 0.3 is 0 Å². The number of hydrogen-bond acceptors (Lipinski definition) is 4. The first kappa shape index (κ1) is 11.0. The van der Waals surface area contributed by atoms with Gasteiger partial charge in [0.05, 0.1) is 12.7 Å². The van der Waals surface area contributed by atoms with Gasteiger partial charge in [-0.05, 0) is 19.2 Å². The molecular weight excluding hydrogens is 206 g/mol. The Hall–Kier alpha value is -1.55. The van der Waals surface area contributed by atoms with E-state index in [2.05, 4.69) is 5.32 Å². The molecule has 1 heterocycles. The summed E-state index contributed by atoms with van der Waals surface area (Å²) < 4.78 is 10.7. The van der Waals surface area contributed by atoms with Gasteiger partial charge in [0.15, 0.2) is 5.78 Å². The number of ether oxygens (including phenoxy) is 2. The number of ketones is 1. The molecule has 2 rings (SSSR count). The number of hydrogen-bond donors (Lipinski definition) is 1. The van der Waals surface area contributed by atoms with Crippen molar-refractivity contribution < 1.29 is 14.3 Å². The molecule has 0 radical (unpaired) electrons. The number of rotatable bonds is 2. The van der Waals surface area contributed by atoms with E-state index in [4.69, 9.17) is 9.47 Å². The van der Waals surface area contributed by atoms with Crippen molar-refractivity contribution in [3.63, 3.8) is 0 Å². The molecule has 0 aliphatic carbocycles. The molecule has 1 aliphatic heterocycles. The molecule has 0 amide bonds. The Kier molecular flexibility index (Phi) is 3.10. The highest BCUT2D eigenvalue weighted by atomic mass is 16.5. The van der Waals surface area contributed by atoms with Crippen molar-refractivity contribution in [1.29, 1.82) is 0 Å². The molecule has 1 aromatic rings. The summed E-state index contributed by atoms with van der Waals surface area (Å²) in [6.45, 7) is 0.502. The minimum absolute atomic E-state index is 0.0749. The molecule has 0 fully saturated rings. The van der Waals surface area contributed by atoms with Crippen molar-refractivity contribution >= 4 is 5.78 Å². The van der Waals surface area contributed by atoms with Crippen molar-refractivity contribution in [2.75, 3.05) is 20.8 Å². The van der Waals surface area contributed by atoms with Crippen LogP contribution in [0, 0.1) is 0 Å². The number of Topliss-reactive ketones (excluding diaryl/α,β-unsaturated/α-hetero) is 1. The molecule has 86 valence electrons. The first-order valence-electron chi connectivity index (χ1n) is 5.26. The summed E-state index contributed by atoms with van der Waals surface area (Å²) in [6.07, 6.45) is 0.468. The van der Waals surface area contributed by atoms with Gasteiger partial charge in [0.2, 0.25) is 0 Å². The molecule has 1 unspecified atom stereocenters. The van der Waals surface area contributed by atoms with E-state index >= 15 is 0 Å². The van der Waals surface area contributed by atoms with Crippen LogP contribution in [0.25, 0.3) is 0 Å². The van der Waals surface area contributed by atoms with Crippen LogP contribution in [-0.2, 0) is 0 Å². The molecule has 0 bridgehead atoms. The Morgan fingerprint density at radius 3 is 3.00 bits per heavy atom. The standard InChI is InChI=1S/C12H15NO3/c1-13-8-5-11(14)10-4-3-9(15-2)6-12(10)16-7-8/h3-4,6,8,13H,5,7H2,1-2H3. The van der Waals surface area contributed by atoms with Crippen molar-refractivity contribution in [2.45, 2.75) is 12.5 Å². The summed E-state index contributed by atoms with van der Waals surface area (Å²) in [4.78, 5) is 11.9. The topological polar surface area (TPSA) is 47.6 Å². The lowest BCUT2D eigenvalue weighted by molar-refractivity contribution is 0.0972. The smallest absolute Gasteiger partial charge is 0.168 e. The number of fused-ring (bicyclic) bond motifs is 1. The highest BCUT2D eigenvalue weighted by Gasteiger charge is 2.22. The summed E-state index contributed by atoms with van der Waals surface area (Å²) in [5.41, 5.74) is 0.638. The summed E-state index contributed by atoms with van der Waals surface area (Å²) in [6, 6.07) is 5.37. The van der Waals surface area contributed by atoms with E-state index in [-0.39, 0.29) is 11.8 Å². The molecule has 4 nitrogen and oxygen atoms in total. The number of likely N-dealkylation sites (N-methyl/N-ethyl adjacent to an activating group) is 1. The van der Waals surface area contributed by atoms with Gasteiger partial charge in [0.25, 0.3) is 0 Å². The summed E-state index contributed by atoms with van der Waals surface area (Å²) in [5.74, 6) is 1.42. The number of nitrogens with one attached hydrogen (secondary N) is 1. The van der Waals surface area contributed by atoms with Crippen LogP contribution in [0.15, 0.2) is 18.2 Å². The largest absolute Gasteiger partial charge is 0.497 e. The van der Waals surface area contributed by atoms with E-state index in [1.807, 2.05) is 7.05 Å². The van der Waals surface area contributed by atoms with E-state index < -0.39 is 0 Å². The third-order valence-corrected chi connectivity index (χ3v) is 2.77. The maximum absolute atomic E-state index is 11.9. The minimum Gasteiger partial charge on any atom is -0.497 e. The third kappa shape index (κ3) is 2.02. The lowest BCUT2D eigenvalue weighted by Gasteiger charge is -2.11. The molecule has 1 aromatic carbocycles. The Balaban J connectivity index is 2.33. The summed E-state index contributed by atoms with van der Waals surface area (Å²) in [7, 11) is 3.43. The zero-order valence-corrected chi connectivity index (χ0v) is 9.45. The molecule has 0 spiro atoms. The SMILES string of the molecule is CNC1COc2cc(OC)ccc2C(=O)C1. The first-order valence-corrected chi connectivity index (χ1v) is 5.26. The number of carbonyl (C=O) groups excluding carboxylic acids is 1.